The van der Waals surface area contributed by atoms with Crippen molar-refractivity contribution in [2.24, 2.45) is 11.3 Å². The van der Waals surface area contributed by atoms with Crippen LogP contribution in [0.15, 0.2) is 77.7 Å². The fourth-order valence-electron chi connectivity index (χ4n) is 6.45. The number of carboxylic acid groups (broad SMARTS) is 1. The minimum atomic E-state index is -3.92. The molecule has 6 nitrogen and oxygen atoms in total. The van der Waals surface area contributed by atoms with Crippen molar-refractivity contribution in [3.05, 3.63) is 99.0 Å². The highest BCUT2D eigenvalue weighted by Crippen LogP contribution is 2.55. The second kappa shape index (κ2) is 12.2. The number of hydrogen-bond donors (Lipinski definition) is 1. The number of nitrogens with zero attached hydrogens (tertiary/aromatic N) is 1. The summed E-state index contributed by atoms with van der Waals surface area (Å²) in [6, 6.07) is 19.6. The number of sulfone groups is 1. The summed E-state index contributed by atoms with van der Waals surface area (Å²) in [5.74, 6) is -2.15. The number of hydrogen-bond acceptors (Lipinski definition) is 4. The lowest BCUT2D eigenvalue weighted by Crippen LogP contribution is -2.58. The molecular weight excluding hydrogens is 617 g/mol. The maximum atomic E-state index is 14.8. The second-order valence-electron chi connectivity index (χ2n) is 11.4. The van der Waals surface area contributed by atoms with Crippen LogP contribution >= 0.6 is 34.8 Å². The predicted octanol–water partition coefficient (Wildman–Crippen LogP) is 7.83. The Morgan fingerprint density at radius 2 is 1.67 bits per heavy atom. The molecule has 1 saturated heterocycles. The van der Waals surface area contributed by atoms with E-state index in [1.165, 1.54) is 12.1 Å². The molecule has 1 aliphatic carbocycles. The minimum Gasteiger partial charge on any atom is -0.481 e. The zero-order chi connectivity index (χ0) is 30.2. The van der Waals surface area contributed by atoms with E-state index in [9.17, 15) is 23.1 Å². The van der Waals surface area contributed by atoms with Crippen LogP contribution in [0.3, 0.4) is 0 Å². The molecule has 1 amide bonds. The lowest BCUT2D eigenvalue weighted by Gasteiger charge is -2.53. The Morgan fingerprint density at radius 1 is 0.976 bits per heavy atom. The number of amides is 1. The van der Waals surface area contributed by atoms with Crippen molar-refractivity contribution in [1.82, 2.24) is 4.90 Å². The number of likely N-dealkylation sites (tertiary alicyclic amines) is 1. The van der Waals surface area contributed by atoms with E-state index < -0.39 is 33.3 Å². The summed E-state index contributed by atoms with van der Waals surface area (Å²) in [4.78, 5) is 28.7. The third kappa shape index (κ3) is 6.21. The highest BCUT2D eigenvalue weighted by molar-refractivity contribution is 7.91. The fraction of sp³-hybridized carbons (Fsp3) is 0.375. The van der Waals surface area contributed by atoms with Crippen LogP contribution in [0.1, 0.15) is 62.1 Å². The fourth-order valence-corrected chi connectivity index (χ4v) is 8.98. The molecule has 0 radical (unpaired) electrons. The molecule has 0 bridgehead atoms. The Hall–Kier alpha value is -2.58. The first-order chi connectivity index (χ1) is 20.0. The van der Waals surface area contributed by atoms with E-state index in [1.54, 1.807) is 35.2 Å². The molecule has 4 atom stereocenters. The average molecular weight is 649 g/mol. The molecule has 0 unspecified atom stereocenters. The van der Waals surface area contributed by atoms with Crippen molar-refractivity contribution < 1.29 is 23.1 Å². The van der Waals surface area contributed by atoms with Crippen LogP contribution in [-0.2, 0) is 19.4 Å². The Labute approximate surface area is 261 Å². The van der Waals surface area contributed by atoms with Crippen LogP contribution in [0.5, 0.6) is 0 Å². The quantitative estimate of drug-likeness (QED) is 0.242. The van der Waals surface area contributed by atoms with E-state index in [0.717, 1.165) is 24.0 Å². The number of carboxylic acids is 1. The van der Waals surface area contributed by atoms with Gasteiger partial charge in [-0.1, -0.05) is 78.1 Å². The highest BCUT2D eigenvalue weighted by atomic mass is 35.5. The van der Waals surface area contributed by atoms with Gasteiger partial charge in [-0.2, -0.15) is 0 Å². The first-order valence-electron chi connectivity index (χ1n) is 14.0. The van der Waals surface area contributed by atoms with Crippen molar-refractivity contribution >= 4 is 56.5 Å². The SMILES string of the molecule is CC[C@]1(CC(=O)O)C[C@H](c2cccc(Cl)c2)[C@@H](c2ccc(Cl)cc2)N([C@H](CS(=O)(=O)c2ccccc2Cl)C2CC2)C1=O. The maximum absolute atomic E-state index is 14.8. The molecule has 10 heteroatoms. The number of piperidine rings is 1. The second-order valence-corrected chi connectivity index (χ2v) is 14.7. The van der Waals surface area contributed by atoms with E-state index in [2.05, 4.69) is 0 Å². The number of benzene rings is 3. The van der Waals surface area contributed by atoms with Gasteiger partial charge in [0.15, 0.2) is 9.84 Å². The van der Waals surface area contributed by atoms with Gasteiger partial charge in [0.05, 0.1) is 33.5 Å². The van der Waals surface area contributed by atoms with Crippen LogP contribution in [0.25, 0.3) is 0 Å². The van der Waals surface area contributed by atoms with E-state index in [0.29, 0.717) is 10.0 Å². The van der Waals surface area contributed by atoms with Gasteiger partial charge in [-0.25, -0.2) is 8.42 Å². The number of carbonyl (C=O) groups excluding carboxylic acids is 1. The van der Waals surface area contributed by atoms with E-state index >= 15 is 0 Å². The number of halogens is 3. The third-order valence-corrected chi connectivity index (χ3v) is 11.5. The van der Waals surface area contributed by atoms with Crippen molar-refractivity contribution in [2.75, 3.05) is 5.75 Å². The topological polar surface area (TPSA) is 91.8 Å². The van der Waals surface area contributed by atoms with Crippen molar-refractivity contribution in [3.8, 4) is 0 Å². The molecule has 5 rings (SSSR count). The molecule has 2 aliphatic rings. The standard InChI is InChI=1S/C32H32Cl3NO5S/c1-2-32(18-29(37)38)17-25(22-6-5-7-24(34)16-22)30(21-12-14-23(33)15-13-21)36(31(32)39)27(20-10-11-20)19-42(40,41)28-9-4-3-8-26(28)35/h3-9,12-16,20,25,27,30H,2,10-11,17-19H2,1H3,(H,37,38)/t25-,27-,30-,32-/m1/s1. The van der Waals surface area contributed by atoms with Crippen LogP contribution in [0.2, 0.25) is 15.1 Å². The van der Waals surface area contributed by atoms with Crippen molar-refractivity contribution in [1.29, 1.82) is 0 Å². The van der Waals surface area contributed by atoms with Crippen molar-refractivity contribution in [3.63, 3.8) is 0 Å². The van der Waals surface area contributed by atoms with E-state index in [4.69, 9.17) is 34.8 Å². The molecule has 1 heterocycles. The first-order valence-corrected chi connectivity index (χ1v) is 16.8. The zero-order valence-corrected chi connectivity index (χ0v) is 26.1. The lowest BCUT2D eigenvalue weighted by atomic mass is 9.65. The van der Waals surface area contributed by atoms with Crippen LogP contribution in [0, 0.1) is 11.3 Å². The van der Waals surface area contributed by atoms with Crippen LogP contribution in [-0.4, -0.2) is 42.1 Å². The summed E-state index contributed by atoms with van der Waals surface area (Å²) in [7, 11) is -3.92. The molecule has 2 fully saturated rings. The molecule has 1 aliphatic heterocycles. The smallest absolute Gasteiger partial charge is 0.304 e. The van der Waals surface area contributed by atoms with Gasteiger partial charge in [-0.15, -0.1) is 0 Å². The lowest BCUT2D eigenvalue weighted by molar-refractivity contribution is -0.162. The molecular formula is C32H32Cl3NO5S. The van der Waals surface area contributed by atoms with E-state index in [1.807, 2.05) is 37.3 Å². The Kier molecular flexibility index (Phi) is 8.96. The first kappa shape index (κ1) is 30.9. The number of aliphatic carboxylic acids is 1. The van der Waals surface area contributed by atoms with Gasteiger partial charge in [-0.3, -0.25) is 9.59 Å². The largest absolute Gasteiger partial charge is 0.481 e. The molecule has 3 aromatic carbocycles. The number of carbonyl (C=O) groups is 2. The molecule has 222 valence electrons. The third-order valence-electron chi connectivity index (χ3n) is 8.72. The van der Waals surface area contributed by atoms with Crippen LogP contribution in [0.4, 0.5) is 0 Å². The molecule has 0 aromatic heterocycles. The summed E-state index contributed by atoms with van der Waals surface area (Å²) >= 11 is 19.0. The summed E-state index contributed by atoms with van der Waals surface area (Å²) < 4.78 is 27.8. The highest BCUT2D eigenvalue weighted by Gasteiger charge is 2.56. The number of rotatable bonds is 10. The van der Waals surface area contributed by atoms with Gasteiger partial charge in [-0.05, 0) is 79.1 Å². The van der Waals surface area contributed by atoms with Gasteiger partial charge in [0, 0.05) is 22.0 Å². The molecule has 1 saturated carbocycles. The summed E-state index contributed by atoms with van der Waals surface area (Å²) in [5.41, 5.74) is 0.411. The Morgan fingerprint density at radius 3 is 2.26 bits per heavy atom. The predicted molar refractivity (Wildman–Crippen MR) is 165 cm³/mol. The van der Waals surface area contributed by atoms with Gasteiger partial charge >= 0.3 is 5.97 Å². The summed E-state index contributed by atoms with van der Waals surface area (Å²) in [6.45, 7) is 1.82. The van der Waals surface area contributed by atoms with Gasteiger partial charge in [0.2, 0.25) is 5.91 Å². The Bertz CT molecular complexity index is 1590. The van der Waals surface area contributed by atoms with Gasteiger partial charge < -0.3 is 10.0 Å². The normalized spacial score (nSPS) is 23.5. The van der Waals surface area contributed by atoms with E-state index in [-0.39, 0.29) is 52.7 Å². The van der Waals surface area contributed by atoms with Crippen molar-refractivity contribution in [2.45, 2.75) is 61.9 Å². The van der Waals surface area contributed by atoms with Gasteiger partial charge in [0.25, 0.3) is 0 Å². The maximum Gasteiger partial charge on any atom is 0.304 e. The minimum absolute atomic E-state index is 0.0171. The van der Waals surface area contributed by atoms with Crippen LogP contribution < -0.4 is 0 Å². The Balaban J connectivity index is 1.72. The molecule has 1 N–H and O–H groups in total. The van der Waals surface area contributed by atoms with Gasteiger partial charge in [0.1, 0.15) is 0 Å². The molecule has 0 spiro atoms. The molecule has 42 heavy (non-hydrogen) atoms. The molecule has 3 aromatic rings. The monoisotopic (exact) mass is 647 g/mol. The summed E-state index contributed by atoms with van der Waals surface area (Å²) in [5, 5.41) is 11.2. The summed E-state index contributed by atoms with van der Waals surface area (Å²) in [6.07, 6.45) is 1.72. The average Bonchev–Trinajstić information content (AvgIpc) is 3.79. The zero-order valence-electron chi connectivity index (χ0n) is 23.0.